The smallest absolute Gasteiger partial charge is 0.344 e. The predicted molar refractivity (Wildman–Crippen MR) is 100 cm³/mol. The van der Waals surface area contributed by atoms with Gasteiger partial charge in [-0.05, 0) is 31.0 Å². The Kier molecular flexibility index (Phi) is 4.75. The minimum atomic E-state index is -3.73. The van der Waals surface area contributed by atoms with Crippen LogP contribution in [0.5, 0.6) is 0 Å². The fraction of sp³-hybridized carbons (Fsp3) is 0.316. The van der Waals surface area contributed by atoms with Crippen molar-refractivity contribution in [3.63, 3.8) is 0 Å². The van der Waals surface area contributed by atoms with Crippen molar-refractivity contribution in [1.29, 1.82) is 0 Å². The minimum Gasteiger partial charge on any atom is -0.344 e. The molecule has 2 amide bonds. The summed E-state index contributed by atoms with van der Waals surface area (Å²) in [5, 5.41) is 0.402. The molecule has 1 fully saturated rings. The molecule has 9 nitrogen and oxygen atoms in total. The number of benzene rings is 1. The number of hydroxylamine groups is 2. The van der Waals surface area contributed by atoms with Crippen molar-refractivity contribution in [2.75, 3.05) is 13.1 Å². The van der Waals surface area contributed by atoms with Gasteiger partial charge < -0.3 is 9.40 Å². The Morgan fingerprint density at radius 3 is 2.17 bits per heavy atom. The maximum atomic E-state index is 12.8. The lowest BCUT2D eigenvalue weighted by Crippen LogP contribution is -2.35. The summed E-state index contributed by atoms with van der Waals surface area (Å²) in [6.45, 7) is 0.873. The van der Waals surface area contributed by atoms with Crippen LogP contribution < -0.4 is 0 Å². The highest BCUT2D eigenvalue weighted by molar-refractivity contribution is 7.89. The number of amides is 2. The molecule has 152 valence electrons. The summed E-state index contributed by atoms with van der Waals surface area (Å²) in [6.07, 6.45) is 3.89. The van der Waals surface area contributed by atoms with E-state index in [4.69, 9.17) is 4.84 Å². The number of hydrogen-bond donors (Lipinski definition) is 0. The van der Waals surface area contributed by atoms with Gasteiger partial charge in [0.1, 0.15) is 10.6 Å². The first kappa shape index (κ1) is 19.3. The summed E-state index contributed by atoms with van der Waals surface area (Å²) in [7, 11) is -2.24. The Morgan fingerprint density at radius 2 is 1.59 bits per heavy atom. The normalized spacial score (nSPS) is 17.5. The van der Waals surface area contributed by atoms with E-state index in [0.29, 0.717) is 18.2 Å². The van der Waals surface area contributed by atoms with Gasteiger partial charge in [-0.1, -0.05) is 23.6 Å². The Bertz CT molecular complexity index is 1080. The predicted octanol–water partition coefficient (Wildman–Crippen LogP) is 1.57. The van der Waals surface area contributed by atoms with Gasteiger partial charge in [0.2, 0.25) is 10.0 Å². The average molecular weight is 417 g/mol. The molecule has 0 spiro atoms. The van der Waals surface area contributed by atoms with Crippen molar-refractivity contribution >= 4 is 27.8 Å². The van der Waals surface area contributed by atoms with Gasteiger partial charge in [0, 0.05) is 26.3 Å². The number of rotatable bonds is 4. The van der Waals surface area contributed by atoms with Gasteiger partial charge in [0.05, 0.1) is 11.1 Å². The number of hydrogen-bond acceptors (Lipinski definition) is 6. The number of aryl methyl sites for hydroxylation is 1. The zero-order valence-corrected chi connectivity index (χ0v) is 16.5. The molecular formula is C19H19N3O6S. The van der Waals surface area contributed by atoms with E-state index < -0.39 is 27.8 Å². The molecule has 0 radical (unpaired) electrons. The molecule has 0 N–H and O–H groups in total. The molecule has 0 saturated carbocycles. The molecule has 4 rings (SSSR count). The number of piperidine rings is 1. The fourth-order valence-electron chi connectivity index (χ4n) is 3.51. The monoisotopic (exact) mass is 417 g/mol. The summed E-state index contributed by atoms with van der Waals surface area (Å²) in [6, 6.07) is 7.34. The molecule has 0 bridgehead atoms. The van der Waals surface area contributed by atoms with Crippen LogP contribution in [0.25, 0.3) is 0 Å². The molecule has 0 unspecified atom stereocenters. The Labute approximate surface area is 167 Å². The molecule has 3 heterocycles. The van der Waals surface area contributed by atoms with E-state index in [1.165, 1.54) is 40.3 Å². The second-order valence-corrected chi connectivity index (χ2v) is 8.90. The number of carbonyl (C=O) groups excluding carboxylic acids is 3. The maximum Gasteiger partial charge on any atom is 0.380 e. The van der Waals surface area contributed by atoms with E-state index in [2.05, 4.69) is 0 Å². The van der Waals surface area contributed by atoms with Crippen molar-refractivity contribution in [2.24, 2.45) is 7.05 Å². The molecule has 29 heavy (non-hydrogen) atoms. The fourth-order valence-corrected chi connectivity index (χ4v) is 5.10. The van der Waals surface area contributed by atoms with Crippen LogP contribution in [-0.4, -0.2) is 53.2 Å². The second kappa shape index (κ2) is 7.12. The van der Waals surface area contributed by atoms with Gasteiger partial charge in [-0.3, -0.25) is 9.59 Å². The van der Waals surface area contributed by atoms with E-state index in [1.807, 2.05) is 0 Å². The maximum absolute atomic E-state index is 12.8. The molecule has 1 saturated heterocycles. The molecule has 2 aliphatic rings. The summed E-state index contributed by atoms with van der Waals surface area (Å²) < 4.78 is 28.3. The molecule has 1 aromatic heterocycles. The summed E-state index contributed by atoms with van der Waals surface area (Å²) in [5.41, 5.74) is 0.202. The van der Waals surface area contributed by atoms with Gasteiger partial charge in [-0.2, -0.15) is 4.31 Å². The topological polar surface area (TPSA) is 106 Å². The highest BCUT2D eigenvalue weighted by Gasteiger charge is 2.39. The van der Waals surface area contributed by atoms with Crippen LogP contribution in [0, 0.1) is 0 Å². The van der Waals surface area contributed by atoms with Crippen molar-refractivity contribution < 1.29 is 27.6 Å². The van der Waals surface area contributed by atoms with Gasteiger partial charge >= 0.3 is 5.97 Å². The number of imide groups is 1. The quantitative estimate of drug-likeness (QED) is 0.699. The lowest BCUT2D eigenvalue weighted by molar-refractivity contribution is -0.0590. The third kappa shape index (κ3) is 3.23. The first-order valence-corrected chi connectivity index (χ1v) is 10.6. The van der Waals surface area contributed by atoms with Crippen LogP contribution in [0.3, 0.4) is 0 Å². The van der Waals surface area contributed by atoms with E-state index in [9.17, 15) is 22.8 Å². The number of aromatic nitrogens is 1. The third-order valence-electron chi connectivity index (χ3n) is 5.07. The van der Waals surface area contributed by atoms with Crippen LogP contribution in [0.2, 0.25) is 0 Å². The van der Waals surface area contributed by atoms with Crippen LogP contribution in [0.1, 0.15) is 50.5 Å². The minimum absolute atomic E-state index is 0.0313. The third-order valence-corrected chi connectivity index (χ3v) is 6.94. The Morgan fingerprint density at radius 1 is 1.00 bits per heavy atom. The Balaban J connectivity index is 1.56. The van der Waals surface area contributed by atoms with Gasteiger partial charge in [0.15, 0.2) is 0 Å². The van der Waals surface area contributed by atoms with Crippen molar-refractivity contribution in [1.82, 2.24) is 13.9 Å². The number of fused-ring (bicyclic) bond motifs is 1. The van der Waals surface area contributed by atoms with Crippen molar-refractivity contribution in [2.45, 2.75) is 24.2 Å². The zero-order chi connectivity index (χ0) is 20.8. The summed E-state index contributed by atoms with van der Waals surface area (Å²) in [5.74, 6) is -2.48. The van der Waals surface area contributed by atoms with E-state index in [1.54, 1.807) is 12.1 Å². The molecule has 2 aliphatic heterocycles. The second-order valence-electron chi connectivity index (χ2n) is 6.97. The standard InChI is InChI=1S/C19H19N3O6S/c1-20-12-13(29(26,27)21-9-5-2-6-10-21)11-16(20)19(25)28-22-17(23)14-7-3-4-8-15(14)18(22)24/h3-4,7-8,11-12H,2,5-6,9-10H2,1H3. The molecule has 2 aromatic rings. The van der Waals surface area contributed by atoms with Crippen LogP contribution >= 0.6 is 0 Å². The van der Waals surface area contributed by atoms with E-state index in [-0.39, 0.29) is 21.7 Å². The first-order chi connectivity index (χ1) is 13.8. The summed E-state index contributed by atoms with van der Waals surface area (Å²) >= 11 is 0. The number of carbonyl (C=O) groups is 3. The lowest BCUT2D eigenvalue weighted by Gasteiger charge is -2.25. The highest BCUT2D eigenvalue weighted by atomic mass is 32.2. The molecule has 0 aliphatic carbocycles. The van der Waals surface area contributed by atoms with Crippen molar-refractivity contribution in [3.8, 4) is 0 Å². The lowest BCUT2D eigenvalue weighted by atomic mass is 10.1. The molecular weight excluding hydrogens is 398 g/mol. The van der Waals surface area contributed by atoms with E-state index >= 15 is 0 Å². The van der Waals surface area contributed by atoms with Crippen LogP contribution in [0.15, 0.2) is 41.4 Å². The van der Waals surface area contributed by atoms with Gasteiger partial charge in [-0.15, -0.1) is 0 Å². The zero-order valence-electron chi connectivity index (χ0n) is 15.7. The summed E-state index contributed by atoms with van der Waals surface area (Å²) in [4.78, 5) is 42.3. The van der Waals surface area contributed by atoms with Crippen LogP contribution in [0.4, 0.5) is 0 Å². The largest absolute Gasteiger partial charge is 0.380 e. The van der Waals surface area contributed by atoms with E-state index in [0.717, 1.165) is 19.3 Å². The van der Waals surface area contributed by atoms with Gasteiger partial charge in [0.25, 0.3) is 11.8 Å². The number of nitrogens with zero attached hydrogens (tertiary/aromatic N) is 3. The highest BCUT2D eigenvalue weighted by Crippen LogP contribution is 2.25. The molecule has 0 atom stereocenters. The molecule has 1 aromatic carbocycles. The van der Waals surface area contributed by atoms with Crippen LogP contribution in [-0.2, 0) is 21.9 Å². The first-order valence-electron chi connectivity index (χ1n) is 9.17. The molecule has 10 heteroatoms. The SMILES string of the molecule is Cn1cc(S(=O)(=O)N2CCCCC2)cc1C(=O)ON1C(=O)c2ccccc2C1=O. The Hall–Kier alpha value is -2.98. The van der Waals surface area contributed by atoms with Crippen molar-refractivity contribution in [3.05, 3.63) is 53.3 Å². The number of sulfonamides is 1. The van der Waals surface area contributed by atoms with Gasteiger partial charge in [-0.25, -0.2) is 13.2 Å². The average Bonchev–Trinajstić information content (AvgIpc) is 3.23.